The molecule has 0 atom stereocenters. The molecule has 0 fully saturated rings. The lowest BCUT2D eigenvalue weighted by molar-refractivity contribution is 0.585. The summed E-state index contributed by atoms with van der Waals surface area (Å²) in [5, 5.41) is 8.46. The molecule has 2 N–H and O–H groups in total. The van der Waals surface area contributed by atoms with Crippen LogP contribution in [-0.4, -0.2) is 15.0 Å². The molecule has 0 bridgehead atoms. The molecule has 0 aliphatic heterocycles. The Morgan fingerprint density at radius 2 is 1.76 bits per heavy atom. The summed E-state index contributed by atoms with van der Waals surface area (Å²) in [6, 6.07) is 8.75. The van der Waals surface area contributed by atoms with E-state index in [1.54, 1.807) is 0 Å². The van der Waals surface area contributed by atoms with Crippen LogP contribution < -0.4 is 5.73 Å². The molecule has 2 rings (SSSR count). The molecule has 0 amide bonds. The number of benzene rings is 1. The first kappa shape index (κ1) is 15.7. The summed E-state index contributed by atoms with van der Waals surface area (Å²) in [6.07, 6.45) is 0. The van der Waals surface area contributed by atoms with Crippen molar-refractivity contribution in [3.05, 3.63) is 46.8 Å². The van der Waals surface area contributed by atoms with Crippen molar-refractivity contribution in [2.75, 3.05) is 0 Å². The minimum Gasteiger partial charge on any atom is -0.325 e. The van der Waals surface area contributed by atoms with E-state index in [0.717, 1.165) is 17.9 Å². The van der Waals surface area contributed by atoms with Crippen molar-refractivity contribution in [1.29, 1.82) is 0 Å². The molecule has 0 saturated carbocycles. The second-order valence-electron chi connectivity index (χ2n) is 6.88. The van der Waals surface area contributed by atoms with Crippen molar-refractivity contribution >= 4 is 0 Å². The van der Waals surface area contributed by atoms with Crippen molar-refractivity contribution in [1.82, 2.24) is 15.0 Å². The average Bonchev–Trinajstić information content (AvgIpc) is 2.81. The quantitative estimate of drug-likeness (QED) is 0.939. The zero-order chi connectivity index (χ0) is 15.6. The van der Waals surface area contributed by atoms with Gasteiger partial charge in [-0.25, -0.2) is 4.68 Å². The minimum atomic E-state index is 0.182. The van der Waals surface area contributed by atoms with Crippen molar-refractivity contribution in [2.45, 2.75) is 59.0 Å². The van der Waals surface area contributed by atoms with Crippen LogP contribution in [0, 0.1) is 0 Å². The van der Waals surface area contributed by atoms with Crippen LogP contribution in [0.4, 0.5) is 0 Å². The number of hydrogen-bond donors (Lipinski definition) is 1. The van der Waals surface area contributed by atoms with Gasteiger partial charge in [-0.15, -0.1) is 5.10 Å². The Hall–Kier alpha value is -1.68. The Balaban J connectivity index is 2.25. The van der Waals surface area contributed by atoms with Gasteiger partial charge < -0.3 is 5.73 Å². The van der Waals surface area contributed by atoms with Gasteiger partial charge in [-0.05, 0) is 22.5 Å². The van der Waals surface area contributed by atoms with E-state index < -0.39 is 0 Å². The van der Waals surface area contributed by atoms with Crippen molar-refractivity contribution in [3.8, 4) is 0 Å². The Kier molecular flexibility index (Phi) is 4.47. The number of hydrogen-bond acceptors (Lipinski definition) is 3. The maximum Gasteiger partial charge on any atom is 0.0997 e. The highest BCUT2D eigenvalue weighted by molar-refractivity contribution is 5.28. The van der Waals surface area contributed by atoms with Crippen LogP contribution in [0.3, 0.4) is 0 Å². The smallest absolute Gasteiger partial charge is 0.0997 e. The fourth-order valence-electron chi connectivity index (χ4n) is 2.53. The number of nitrogens with two attached hydrogens (primary N) is 1. The van der Waals surface area contributed by atoms with E-state index in [9.17, 15) is 0 Å². The maximum atomic E-state index is 5.75. The number of aromatic nitrogens is 3. The predicted molar refractivity (Wildman–Crippen MR) is 86.2 cm³/mol. The maximum absolute atomic E-state index is 5.75. The van der Waals surface area contributed by atoms with Gasteiger partial charge in [-0.1, -0.05) is 64.1 Å². The molecule has 4 nitrogen and oxygen atoms in total. The lowest BCUT2D eigenvalue weighted by atomic mass is 9.87. The van der Waals surface area contributed by atoms with E-state index in [2.05, 4.69) is 69.2 Å². The minimum absolute atomic E-state index is 0.182. The lowest BCUT2D eigenvalue weighted by Gasteiger charge is -2.19. The van der Waals surface area contributed by atoms with E-state index in [0.29, 0.717) is 12.5 Å². The third kappa shape index (κ3) is 3.50. The highest BCUT2D eigenvalue weighted by atomic mass is 15.4. The van der Waals surface area contributed by atoms with Gasteiger partial charge in [0.2, 0.25) is 0 Å². The SMILES string of the molecule is CC(C)c1c(CN)nnn1Cc1ccc(C(C)(C)C)cc1. The summed E-state index contributed by atoms with van der Waals surface area (Å²) in [5.74, 6) is 0.368. The van der Waals surface area contributed by atoms with E-state index >= 15 is 0 Å². The van der Waals surface area contributed by atoms with Gasteiger partial charge in [0.15, 0.2) is 0 Å². The first-order valence-corrected chi connectivity index (χ1v) is 7.54. The summed E-state index contributed by atoms with van der Waals surface area (Å²) < 4.78 is 1.97. The van der Waals surface area contributed by atoms with E-state index in [4.69, 9.17) is 5.73 Å². The highest BCUT2D eigenvalue weighted by Crippen LogP contribution is 2.23. The third-order valence-corrected chi connectivity index (χ3v) is 3.74. The molecule has 0 aliphatic carbocycles. The van der Waals surface area contributed by atoms with Gasteiger partial charge in [0, 0.05) is 6.54 Å². The summed E-state index contributed by atoms with van der Waals surface area (Å²) >= 11 is 0. The van der Waals surface area contributed by atoms with Crippen LogP contribution in [0.25, 0.3) is 0 Å². The molecule has 1 aromatic carbocycles. The molecule has 1 heterocycles. The van der Waals surface area contributed by atoms with Crippen LogP contribution >= 0.6 is 0 Å². The molecule has 114 valence electrons. The van der Waals surface area contributed by atoms with Crippen LogP contribution in [0.15, 0.2) is 24.3 Å². The molecular formula is C17H26N4. The molecular weight excluding hydrogens is 260 g/mol. The highest BCUT2D eigenvalue weighted by Gasteiger charge is 2.16. The van der Waals surface area contributed by atoms with Crippen molar-refractivity contribution in [3.63, 3.8) is 0 Å². The van der Waals surface area contributed by atoms with Gasteiger partial charge in [0.25, 0.3) is 0 Å². The molecule has 0 saturated heterocycles. The Morgan fingerprint density at radius 3 is 2.24 bits per heavy atom. The Labute approximate surface area is 127 Å². The van der Waals surface area contributed by atoms with Gasteiger partial charge in [0.05, 0.1) is 17.9 Å². The lowest BCUT2D eigenvalue weighted by Crippen LogP contribution is -2.12. The molecule has 4 heteroatoms. The molecule has 0 radical (unpaired) electrons. The number of rotatable bonds is 4. The third-order valence-electron chi connectivity index (χ3n) is 3.74. The van der Waals surface area contributed by atoms with Crippen LogP contribution in [0.1, 0.15) is 63.1 Å². The van der Waals surface area contributed by atoms with Gasteiger partial charge in [-0.2, -0.15) is 0 Å². The summed E-state index contributed by atoms with van der Waals surface area (Å²) in [6.45, 7) is 12.2. The zero-order valence-corrected chi connectivity index (χ0v) is 13.7. The van der Waals surface area contributed by atoms with Gasteiger partial charge >= 0.3 is 0 Å². The molecule has 21 heavy (non-hydrogen) atoms. The summed E-state index contributed by atoms with van der Waals surface area (Å²) in [7, 11) is 0. The van der Waals surface area contributed by atoms with E-state index in [-0.39, 0.29) is 5.41 Å². The monoisotopic (exact) mass is 286 g/mol. The summed E-state index contributed by atoms with van der Waals surface area (Å²) in [4.78, 5) is 0. The van der Waals surface area contributed by atoms with Gasteiger partial charge in [-0.3, -0.25) is 0 Å². The Morgan fingerprint density at radius 1 is 1.14 bits per heavy atom. The zero-order valence-electron chi connectivity index (χ0n) is 13.7. The van der Waals surface area contributed by atoms with Gasteiger partial charge in [0.1, 0.15) is 0 Å². The van der Waals surface area contributed by atoms with Crippen molar-refractivity contribution < 1.29 is 0 Å². The summed E-state index contributed by atoms with van der Waals surface area (Å²) in [5.41, 5.74) is 10.5. The second-order valence-corrected chi connectivity index (χ2v) is 6.88. The van der Waals surface area contributed by atoms with Crippen LogP contribution in [0.5, 0.6) is 0 Å². The second kappa shape index (κ2) is 5.98. The first-order valence-electron chi connectivity index (χ1n) is 7.54. The van der Waals surface area contributed by atoms with E-state index in [1.807, 2.05) is 4.68 Å². The predicted octanol–water partition coefficient (Wildman–Crippen LogP) is 3.21. The fraction of sp³-hybridized carbons (Fsp3) is 0.529. The average molecular weight is 286 g/mol. The van der Waals surface area contributed by atoms with Crippen molar-refractivity contribution in [2.24, 2.45) is 5.73 Å². The fourth-order valence-corrected chi connectivity index (χ4v) is 2.53. The van der Waals surface area contributed by atoms with Crippen LogP contribution in [0.2, 0.25) is 0 Å². The van der Waals surface area contributed by atoms with E-state index in [1.165, 1.54) is 11.1 Å². The topological polar surface area (TPSA) is 56.7 Å². The normalized spacial score (nSPS) is 12.1. The standard InChI is InChI=1S/C17H26N4/c1-12(2)16-15(10-18)19-20-21(16)11-13-6-8-14(9-7-13)17(3,4)5/h6-9,12H,10-11,18H2,1-5H3. The van der Waals surface area contributed by atoms with Crippen LogP contribution in [-0.2, 0) is 18.5 Å². The largest absolute Gasteiger partial charge is 0.325 e. The molecule has 1 aromatic heterocycles. The molecule has 0 unspecified atom stereocenters. The first-order chi connectivity index (χ1) is 9.82. The molecule has 2 aromatic rings. The Bertz CT molecular complexity index is 588. The molecule has 0 spiro atoms. The number of nitrogens with zero attached hydrogens (tertiary/aromatic N) is 3. The molecule has 0 aliphatic rings.